The zero-order chi connectivity index (χ0) is 9.10. The molecule has 0 bridgehead atoms. The molecule has 0 aliphatic heterocycles. The lowest BCUT2D eigenvalue weighted by Crippen LogP contribution is -1.97. The molecule has 0 saturated carbocycles. The van der Waals surface area contributed by atoms with E-state index in [4.69, 9.17) is 0 Å². The summed E-state index contributed by atoms with van der Waals surface area (Å²) in [5.74, 6) is 0.788. The van der Waals surface area contributed by atoms with Gasteiger partial charge in [0.05, 0.1) is 11.7 Å². The van der Waals surface area contributed by atoms with Crippen molar-refractivity contribution < 1.29 is 5.11 Å². The normalized spacial score (nSPS) is 22.3. The van der Waals surface area contributed by atoms with E-state index in [1.165, 1.54) is 0 Å². The Morgan fingerprint density at radius 3 is 2.08 bits per heavy atom. The van der Waals surface area contributed by atoms with Gasteiger partial charge in [-0.2, -0.15) is 0 Å². The highest BCUT2D eigenvalue weighted by molar-refractivity contribution is 5.29. The average Bonchev–Trinajstić information content (AvgIpc) is 2.74. The van der Waals surface area contributed by atoms with Crippen LogP contribution in [0.4, 0.5) is 0 Å². The van der Waals surface area contributed by atoms with Crippen LogP contribution in [0.15, 0.2) is 60.4 Å². The third-order valence-corrected chi connectivity index (χ3v) is 2.23. The zero-order valence-electron chi connectivity index (χ0n) is 7.30. The predicted molar refractivity (Wildman–Crippen MR) is 54.3 cm³/mol. The predicted octanol–water partition coefficient (Wildman–Crippen LogP) is 2.91. The fourth-order valence-corrected chi connectivity index (χ4v) is 1.50. The lowest BCUT2D eigenvalue weighted by molar-refractivity contribution is 0.374. The van der Waals surface area contributed by atoms with Crippen molar-refractivity contribution in [1.29, 1.82) is 0 Å². The molecule has 0 atom stereocenters. The Labute approximate surface area is 78.1 Å². The van der Waals surface area contributed by atoms with Crippen molar-refractivity contribution in [3.05, 3.63) is 60.4 Å². The van der Waals surface area contributed by atoms with Gasteiger partial charge in [-0.25, -0.2) is 0 Å². The smallest absolute Gasteiger partial charge is 0.0998 e. The minimum Gasteiger partial charge on any atom is -0.512 e. The molecule has 1 nitrogen and oxygen atoms in total. The van der Waals surface area contributed by atoms with Crippen LogP contribution in [-0.4, -0.2) is 5.11 Å². The molecule has 1 heteroatoms. The van der Waals surface area contributed by atoms with Crippen molar-refractivity contribution >= 4 is 0 Å². The second-order valence-corrected chi connectivity index (χ2v) is 3.23. The summed E-state index contributed by atoms with van der Waals surface area (Å²) in [6.07, 6.45) is 17.8. The van der Waals surface area contributed by atoms with Gasteiger partial charge in [0.2, 0.25) is 0 Å². The van der Waals surface area contributed by atoms with E-state index in [0.29, 0.717) is 5.76 Å². The molecule has 13 heavy (non-hydrogen) atoms. The molecule has 0 spiro atoms. The molecular formula is C12H12O. The molecule has 0 unspecified atom stereocenters. The Morgan fingerprint density at radius 2 is 1.46 bits per heavy atom. The molecule has 0 saturated heterocycles. The summed E-state index contributed by atoms with van der Waals surface area (Å²) >= 11 is 0. The second-order valence-electron chi connectivity index (χ2n) is 3.23. The van der Waals surface area contributed by atoms with Crippen LogP contribution in [0.25, 0.3) is 0 Å². The molecule has 66 valence electrons. The van der Waals surface area contributed by atoms with Gasteiger partial charge >= 0.3 is 0 Å². The van der Waals surface area contributed by atoms with Gasteiger partial charge in [0.1, 0.15) is 0 Å². The number of aliphatic hydroxyl groups excluding tert-OH is 1. The lowest BCUT2D eigenvalue weighted by atomic mass is 10.0. The second kappa shape index (κ2) is 3.48. The number of hydrogen-bond acceptors (Lipinski definition) is 1. The van der Waals surface area contributed by atoms with E-state index in [2.05, 4.69) is 12.2 Å². The Morgan fingerprint density at radius 1 is 0.923 bits per heavy atom. The van der Waals surface area contributed by atoms with Crippen LogP contribution in [0, 0.1) is 11.8 Å². The fraction of sp³-hybridized carbons (Fsp3) is 0.167. The van der Waals surface area contributed by atoms with E-state index >= 15 is 0 Å². The number of hydrogen-bond donors (Lipinski definition) is 1. The number of rotatable bonds is 2. The van der Waals surface area contributed by atoms with Gasteiger partial charge in [-0.3, -0.25) is 0 Å². The van der Waals surface area contributed by atoms with Crippen molar-refractivity contribution in [2.45, 2.75) is 0 Å². The monoisotopic (exact) mass is 172 g/mol. The molecule has 0 radical (unpaired) electrons. The quantitative estimate of drug-likeness (QED) is 0.635. The van der Waals surface area contributed by atoms with E-state index in [-0.39, 0.29) is 11.8 Å². The van der Waals surface area contributed by atoms with Gasteiger partial charge in [0.15, 0.2) is 0 Å². The maximum Gasteiger partial charge on any atom is 0.0998 e. The SMILES string of the molecule is OC(=CC1C=CC=C1)C1C=CC=C1. The molecule has 0 aromatic rings. The molecular weight excluding hydrogens is 160 g/mol. The molecule has 2 aliphatic rings. The Hall–Kier alpha value is -1.50. The molecule has 0 aromatic carbocycles. The fourth-order valence-electron chi connectivity index (χ4n) is 1.50. The van der Waals surface area contributed by atoms with Crippen molar-refractivity contribution in [2.75, 3.05) is 0 Å². The van der Waals surface area contributed by atoms with E-state index in [9.17, 15) is 5.11 Å². The maximum atomic E-state index is 9.70. The van der Waals surface area contributed by atoms with Gasteiger partial charge in [0.25, 0.3) is 0 Å². The van der Waals surface area contributed by atoms with E-state index < -0.39 is 0 Å². The summed E-state index contributed by atoms with van der Waals surface area (Å²) in [5, 5.41) is 9.70. The van der Waals surface area contributed by atoms with Crippen LogP contribution in [0.3, 0.4) is 0 Å². The maximum absolute atomic E-state index is 9.70. The third kappa shape index (κ3) is 1.81. The van der Waals surface area contributed by atoms with Crippen LogP contribution in [0.5, 0.6) is 0 Å². The minimum absolute atomic E-state index is 0.0856. The van der Waals surface area contributed by atoms with Crippen molar-refractivity contribution in [3.8, 4) is 0 Å². The first kappa shape index (κ1) is 8.11. The molecule has 2 rings (SSSR count). The van der Waals surface area contributed by atoms with Gasteiger partial charge in [-0.1, -0.05) is 48.6 Å². The van der Waals surface area contributed by atoms with Gasteiger partial charge in [0, 0.05) is 5.92 Å². The van der Waals surface area contributed by atoms with Crippen LogP contribution in [0.2, 0.25) is 0 Å². The molecule has 0 heterocycles. The van der Waals surface area contributed by atoms with Crippen LogP contribution < -0.4 is 0 Å². The standard InChI is InChI=1S/C12H12O/c13-12(11-7-3-4-8-11)9-10-5-1-2-6-10/h1-11,13H. The van der Waals surface area contributed by atoms with Crippen LogP contribution in [-0.2, 0) is 0 Å². The molecule has 1 N–H and O–H groups in total. The summed E-state index contributed by atoms with van der Waals surface area (Å²) in [7, 11) is 0. The molecule has 2 aliphatic carbocycles. The third-order valence-electron chi connectivity index (χ3n) is 2.23. The summed E-state index contributed by atoms with van der Waals surface area (Å²) in [6.45, 7) is 0. The summed E-state index contributed by atoms with van der Waals surface area (Å²) < 4.78 is 0. The highest BCUT2D eigenvalue weighted by atomic mass is 16.3. The first-order valence-electron chi connectivity index (χ1n) is 4.47. The van der Waals surface area contributed by atoms with E-state index in [1.54, 1.807) is 0 Å². The highest BCUT2D eigenvalue weighted by Gasteiger charge is 2.10. The zero-order valence-corrected chi connectivity index (χ0v) is 7.30. The largest absolute Gasteiger partial charge is 0.512 e. The van der Waals surface area contributed by atoms with Gasteiger partial charge < -0.3 is 5.11 Å². The molecule has 0 amide bonds. The van der Waals surface area contributed by atoms with Crippen LogP contribution >= 0.6 is 0 Å². The Kier molecular flexibility index (Phi) is 2.17. The van der Waals surface area contributed by atoms with Crippen molar-refractivity contribution in [3.63, 3.8) is 0 Å². The van der Waals surface area contributed by atoms with Crippen molar-refractivity contribution in [1.82, 2.24) is 0 Å². The first-order valence-corrected chi connectivity index (χ1v) is 4.47. The van der Waals surface area contributed by atoms with Gasteiger partial charge in [-0.05, 0) is 6.08 Å². The van der Waals surface area contributed by atoms with Crippen LogP contribution in [0.1, 0.15) is 0 Å². The summed E-state index contributed by atoms with van der Waals surface area (Å²) in [5.41, 5.74) is 0. The molecule has 0 aromatic heterocycles. The number of allylic oxidation sites excluding steroid dienone is 8. The van der Waals surface area contributed by atoms with E-state index in [0.717, 1.165) is 0 Å². The number of aliphatic hydroxyl groups is 1. The topological polar surface area (TPSA) is 20.2 Å². The average molecular weight is 172 g/mol. The Bertz CT molecular complexity index is 305. The Balaban J connectivity index is 2.06. The summed E-state index contributed by atoms with van der Waals surface area (Å²) in [4.78, 5) is 0. The summed E-state index contributed by atoms with van der Waals surface area (Å²) in [6, 6.07) is 0. The lowest BCUT2D eigenvalue weighted by Gasteiger charge is -2.05. The van der Waals surface area contributed by atoms with Crippen molar-refractivity contribution in [2.24, 2.45) is 11.8 Å². The molecule has 0 fully saturated rings. The van der Waals surface area contributed by atoms with E-state index in [1.807, 2.05) is 42.5 Å². The van der Waals surface area contributed by atoms with Gasteiger partial charge in [-0.15, -0.1) is 0 Å². The minimum atomic E-state index is 0.0856. The highest BCUT2D eigenvalue weighted by Crippen LogP contribution is 2.20. The first-order chi connectivity index (χ1) is 6.36.